The van der Waals surface area contributed by atoms with Gasteiger partial charge in [0.05, 0.1) is 32.4 Å². The predicted octanol–water partition coefficient (Wildman–Crippen LogP) is 4.35. The standard InChI is InChI=1S/C28H38N3O9P/c1-16(2)40-28(33)19(5)31-41(34,15-35-6)39-10-9-38-25-17(3)11-20(12-18(25)4)26-29-22-13-21(36-7)14-23(37-8)24(22)27(32)30-26/h11-14,16,19H,9-10,15H2,1-8H3,(H,31,34)(H,29,30,32). The Kier molecular flexibility index (Phi) is 10.9. The Balaban J connectivity index is 1.74. The Bertz CT molecular complexity index is 1470. The minimum Gasteiger partial charge on any atom is -0.497 e. The molecule has 41 heavy (non-hydrogen) atoms. The van der Waals surface area contributed by atoms with Crippen molar-refractivity contribution in [3.8, 4) is 28.6 Å². The summed E-state index contributed by atoms with van der Waals surface area (Å²) < 4.78 is 45.6. The minimum absolute atomic E-state index is 0.0244. The van der Waals surface area contributed by atoms with Gasteiger partial charge in [-0.25, -0.2) is 10.1 Å². The third-order valence-corrected chi connectivity index (χ3v) is 7.94. The molecular weight excluding hydrogens is 553 g/mol. The number of aryl methyl sites for hydroxylation is 2. The van der Waals surface area contributed by atoms with Crippen LogP contribution in [0.25, 0.3) is 22.3 Å². The summed E-state index contributed by atoms with van der Waals surface area (Å²) in [5.41, 5.74) is 2.40. The van der Waals surface area contributed by atoms with E-state index in [-0.39, 0.29) is 31.2 Å². The summed E-state index contributed by atoms with van der Waals surface area (Å²) in [7, 11) is 0.889. The van der Waals surface area contributed by atoms with Crippen molar-refractivity contribution >= 4 is 24.4 Å². The molecule has 0 saturated heterocycles. The third kappa shape index (κ3) is 8.07. The van der Waals surface area contributed by atoms with Crippen molar-refractivity contribution in [3.63, 3.8) is 0 Å². The lowest BCUT2D eigenvalue weighted by atomic mass is 10.0. The Morgan fingerprint density at radius 1 is 1.02 bits per heavy atom. The van der Waals surface area contributed by atoms with Gasteiger partial charge in [-0.1, -0.05) is 0 Å². The van der Waals surface area contributed by atoms with Gasteiger partial charge in [-0.05, 0) is 57.9 Å². The smallest absolute Gasteiger partial charge is 0.323 e. The molecule has 2 aromatic carbocycles. The van der Waals surface area contributed by atoms with Crippen LogP contribution in [0, 0.1) is 13.8 Å². The van der Waals surface area contributed by atoms with Crippen molar-refractivity contribution in [2.45, 2.75) is 46.8 Å². The number of rotatable bonds is 14. The van der Waals surface area contributed by atoms with E-state index in [0.717, 1.165) is 11.1 Å². The highest BCUT2D eigenvalue weighted by molar-refractivity contribution is 7.56. The normalized spacial score (nSPS) is 13.6. The van der Waals surface area contributed by atoms with Crippen molar-refractivity contribution in [2.24, 2.45) is 0 Å². The van der Waals surface area contributed by atoms with E-state index in [0.29, 0.717) is 39.5 Å². The van der Waals surface area contributed by atoms with Crippen LogP contribution in [0.1, 0.15) is 31.9 Å². The largest absolute Gasteiger partial charge is 0.497 e. The van der Waals surface area contributed by atoms with Crippen molar-refractivity contribution in [2.75, 3.05) is 40.9 Å². The van der Waals surface area contributed by atoms with E-state index in [1.165, 1.54) is 21.3 Å². The quantitative estimate of drug-likeness (QED) is 0.157. The Morgan fingerprint density at radius 3 is 2.29 bits per heavy atom. The molecule has 1 heterocycles. The summed E-state index contributed by atoms with van der Waals surface area (Å²) in [5, 5.41) is 3.04. The molecule has 3 rings (SSSR count). The maximum Gasteiger partial charge on any atom is 0.323 e. The van der Waals surface area contributed by atoms with Gasteiger partial charge in [-0.3, -0.25) is 14.2 Å². The van der Waals surface area contributed by atoms with E-state index in [9.17, 15) is 14.2 Å². The first kappa shape index (κ1) is 32.1. The molecule has 0 aliphatic heterocycles. The average Bonchev–Trinajstić information content (AvgIpc) is 2.90. The van der Waals surface area contributed by atoms with Crippen LogP contribution in [-0.2, 0) is 23.4 Å². The van der Waals surface area contributed by atoms with E-state index >= 15 is 0 Å². The van der Waals surface area contributed by atoms with Gasteiger partial charge >= 0.3 is 5.97 Å². The highest BCUT2D eigenvalue weighted by Crippen LogP contribution is 2.42. The zero-order valence-corrected chi connectivity index (χ0v) is 25.5. The number of hydrogen-bond acceptors (Lipinski definition) is 10. The molecule has 3 aromatic rings. The minimum atomic E-state index is -3.52. The first-order valence-electron chi connectivity index (χ1n) is 13.0. The predicted molar refractivity (Wildman–Crippen MR) is 155 cm³/mol. The Morgan fingerprint density at radius 2 is 1.71 bits per heavy atom. The van der Waals surface area contributed by atoms with Crippen LogP contribution < -0.4 is 24.9 Å². The summed E-state index contributed by atoms with van der Waals surface area (Å²) in [6, 6.07) is 6.16. The first-order valence-corrected chi connectivity index (χ1v) is 14.8. The fourth-order valence-corrected chi connectivity index (χ4v) is 5.86. The fourth-order valence-electron chi connectivity index (χ4n) is 4.23. The van der Waals surface area contributed by atoms with Crippen LogP contribution in [0.2, 0.25) is 0 Å². The maximum absolute atomic E-state index is 13.2. The second-order valence-corrected chi connectivity index (χ2v) is 11.8. The maximum atomic E-state index is 13.2. The van der Waals surface area contributed by atoms with E-state index < -0.39 is 19.5 Å². The Labute approximate surface area is 239 Å². The highest BCUT2D eigenvalue weighted by Gasteiger charge is 2.29. The number of aromatic nitrogens is 2. The summed E-state index contributed by atoms with van der Waals surface area (Å²) >= 11 is 0. The fraction of sp³-hybridized carbons (Fsp3) is 0.464. The van der Waals surface area contributed by atoms with Gasteiger partial charge in [0.15, 0.2) is 0 Å². The summed E-state index contributed by atoms with van der Waals surface area (Å²) in [5.74, 6) is 1.35. The molecule has 224 valence electrons. The molecule has 0 amide bonds. The van der Waals surface area contributed by atoms with Gasteiger partial charge in [-0.2, -0.15) is 0 Å². The van der Waals surface area contributed by atoms with Gasteiger partial charge in [0.2, 0.25) is 0 Å². The molecule has 0 aliphatic rings. The number of fused-ring (bicyclic) bond motifs is 1. The van der Waals surface area contributed by atoms with Crippen LogP contribution in [0.5, 0.6) is 17.2 Å². The molecule has 2 atom stereocenters. The Hall–Kier alpha value is -3.44. The number of benzene rings is 2. The second kappa shape index (κ2) is 14.0. The van der Waals surface area contributed by atoms with Gasteiger partial charge in [0, 0.05) is 24.8 Å². The number of carbonyl (C=O) groups excluding carboxylic acids is 1. The molecule has 0 radical (unpaired) electrons. The third-order valence-electron chi connectivity index (χ3n) is 5.96. The highest BCUT2D eigenvalue weighted by atomic mass is 31.2. The summed E-state index contributed by atoms with van der Waals surface area (Å²) in [6.45, 7) is 8.82. The molecule has 0 aliphatic carbocycles. The zero-order valence-electron chi connectivity index (χ0n) is 24.7. The van der Waals surface area contributed by atoms with Crippen LogP contribution in [0.15, 0.2) is 29.1 Å². The lowest BCUT2D eigenvalue weighted by Crippen LogP contribution is -2.36. The number of H-pyrrole nitrogens is 1. The zero-order chi connectivity index (χ0) is 30.3. The molecule has 2 unspecified atom stereocenters. The van der Waals surface area contributed by atoms with Crippen molar-refractivity contribution in [1.82, 2.24) is 15.1 Å². The SMILES string of the molecule is COCP(=O)(NC(C)C(=O)OC(C)C)OCCOc1c(C)cc(-c2nc3cc(OC)cc(OC)c3c(=O)[nH]2)cc1C. The van der Waals surface area contributed by atoms with E-state index in [1.54, 1.807) is 32.9 Å². The summed E-state index contributed by atoms with van der Waals surface area (Å²) in [6.07, 6.45) is -0.529. The number of nitrogens with zero attached hydrogens (tertiary/aromatic N) is 1. The second-order valence-electron chi connectivity index (χ2n) is 9.69. The van der Waals surface area contributed by atoms with Crippen molar-refractivity contribution in [3.05, 3.63) is 45.7 Å². The van der Waals surface area contributed by atoms with Crippen LogP contribution >= 0.6 is 7.52 Å². The number of hydrogen-bond donors (Lipinski definition) is 2. The van der Waals surface area contributed by atoms with Crippen molar-refractivity contribution in [1.29, 1.82) is 0 Å². The molecule has 12 nitrogen and oxygen atoms in total. The lowest BCUT2D eigenvalue weighted by molar-refractivity contribution is -0.149. The van der Waals surface area contributed by atoms with Gasteiger partial charge in [0.1, 0.15) is 47.5 Å². The van der Waals surface area contributed by atoms with Gasteiger partial charge in [0.25, 0.3) is 13.1 Å². The van der Waals surface area contributed by atoms with Gasteiger partial charge in [-0.15, -0.1) is 0 Å². The number of aromatic amines is 1. The monoisotopic (exact) mass is 591 g/mol. The average molecular weight is 592 g/mol. The van der Waals surface area contributed by atoms with Crippen molar-refractivity contribution < 1.29 is 37.6 Å². The summed E-state index contributed by atoms with van der Waals surface area (Å²) in [4.78, 5) is 32.5. The number of carbonyl (C=O) groups is 1. The molecular formula is C28H38N3O9P. The molecule has 0 fully saturated rings. The molecule has 2 N–H and O–H groups in total. The van der Waals surface area contributed by atoms with Gasteiger partial charge < -0.3 is 33.2 Å². The number of nitrogens with one attached hydrogen (secondary N) is 2. The van der Waals surface area contributed by atoms with E-state index in [2.05, 4.69) is 15.1 Å². The van der Waals surface area contributed by atoms with Crippen LogP contribution in [0.3, 0.4) is 0 Å². The number of methoxy groups -OCH3 is 3. The van der Waals surface area contributed by atoms with Crippen LogP contribution in [0.4, 0.5) is 0 Å². The number of ether oxygens (including phenoxy) is 5. The molecule has 13 heteroatoms. The van der Waals surface area contributed by atoms with E-state index in [1.807, 2.05) is 26.0 Å². The van der Waals surface area contributed by atoms with Crippen LogP contribution in [-0.4, -0.2) is 69.0 Å². The number of esters is 1. The van der Waals surface area contributed by atoms with E-state index in [4.69, 9.17) is 28.2 Å². The molecule has 0 bridgehead atoms. The lowest BCUT2D eigenvalue weighted by Gasteiger charge is -2.23. The molecule has 0 saturated carbocycles. The molecule has 1 aromatic heterocycles. The molecule has 0 spiro atoms. The first-order chi connectivity index (χ1) is 19.4. The topological polar surface area (TPSA) is 147 Å².